The summed E-state index contributed by atoms with van der Waals surface area (Å²) in [5.74, 6) is -0.219. The predicted octanol–water partition coefficient (Wildman–Crippen LogP) is 2.37. The number of nitrogens with zero attached hydrogens (tertiary/aromatic N) is 1. The van der Waals surface area contributed by atoms with Gasteiger partial charge in [0.1, 0.15) is 21.5 Å². The van der Waals surface area contributed by atoms with Crippen molar-refractivity contribution in [2.24, 2.45) is 0 Å². The summed E-state index contributed by atoms with van der Waals surface area (Å²) in [5.41, 5.74) is 1.70. The highest BCUT2D eigenvalue weighted by Crippen LogP contribution is 2.36. The first kappa shape index (κ1) is 18.5. The first-order valence-electron chi connectivity index (χ1n) is 8.31. The van der Waals surface area contributed by atoms with E-state index in [9.17, 15) is 14.4 Å². The van der Waals surface area contributed by atoms with Gasteiger partial charge in [-0.1, -0.05) is 19.3 Å². The molecule has 1 heterocycles. The Balaban J connectivity index is 1.82. The molecule has 1 aliphatic carbocycles. The third-order valence-electron chi connectivity index (χ3n) is 4.79. The number of benzene rings is 1. The lowest BCUT2D eigenvalue weighted by atomic mass is 9.82. The van der Waals surface area contributed by atoms with Gasteiger partial charge in [-0.25, -0.2) is 4.79 Å². The van der Waals surface area contributed by atoms with Gasteiger partial charge < -0.3 is 14.8 Å². The van der Waals surface area contributed by atoms with Gasteiger partial charge in [-0.2, -0.15) is 5.01 Å². The average Bonchev–Trinajstić information content (AvgIpc) is 2.86. The second kappa shape index (κ2) is 7.14. The maximum absolute atomic E-state index is 12.7. The summed E-state index contributed by atoms with van der Waals surface area (Å²) in [4.78, 5) is 37.6. The number of rotatable bonds is 4. The molecule has 3 rings (SSSR count). The number of urea groups is 1. The molecule has 26 heavy (non-hydrogen) atoms. The molecule has 1 aromatic carbocycles. The third-order valence-corrected chi connectivity index (χ3v) is 5.57. The minimum Gasteiger partial charge on any atom is -0.495 e. The monoisotopic (exact) mass is 425 g/mol. The van der Waals surface area contributed by atoms with E-state index in [4.69, 9.17) is 9.47 Å². The summed E-state index contributed by atoms with van der Waals surface area (Å²) >= 11 is 3.33. The van der Waals surface area contributed by atoms with Crippen molar-refractivity contribution in [2.45, 2.75) is 37.6 Å². The van der Waals surface area contributed by atoms with E-state index in [1.54, 1.807) is 0 Å². The lowest BCUT2D eigenvalue weighted by Gasteiger charge is -2.30. The third kappa shape index (κ3) is 3.11. The number of carbonyl (C=O) groups is 3. The zero-order valence-electron chi connectivity index (χ0n) is 14.6. The van der Waals surface area contributed by atoms with Crippen LogP contribution in [-0.4, -0.2) is 42.6 Å². The van der Waals surface area contributed by atoms with E-state index in [1.807, 2.05) is 0 Å². The van der Waals surface area contributed by atoms with Crippen molar-refractivity contribution < 1.29 is 23.9 Å². The molecule has 0 atom stereocenters. The molecule has 9 heteroatoms. The molecule has 2 N–H and O–H groups in total. The van der Waals surface area contributed by atoms with Crippen LogP contribution < -0.4 is 20.2 Å². The van der Waals surface area contributed by atoms with Crippen LogP contribution in [0.3, 0.4) is 0 Å². The van der Waals surface area contributed by atoms with E-state index in [0.717, 1.165) is 24.3 Å². The predicted molar refractivity (Wildman–Crippen MR) is 95.9 cm³/mol. The molecule has 140 valence electrons. The molecule has 0 bridgehead atoms. The van der Waals surface area contributed by atoms with Crippen molar-refractivity contribution in [2.75, 3.05) is 14.2 Å². The molecule has 1 aliphatic heterocycles. The number of imide groups is 1. The van der Waals surface area contributed by atoms with Crippen LogP contribution in [0.2, 0.25) is 0 Å². The zero-order valence-corrected chi connectivity index (χ0v) is 16.1. The summed E-state index contributed by atoms with van der Waals surface area (Å²) in [6.45, 7) is 0. The van der Waals surface area contributed by atoms with Crippen molar-refractivity contribution in [3.8, 4) is 11.5 Å². The molecule has 1 saturated heterocycles. The van der Waals surface area contributed by atoms with Gasteiger partial charge >= 0.3 is 6.03 Å². The second-order valence-electron chi connectivity index (χ2n) is 6.35. The molecule has 2 fully saturated rings. The number of hydrogen-bond acceptors (Lipinski definition) is 5. The molecule has 0 aromatic heterocycles. The van der Waals surface area contributed by atoms with E-state index in [-0.39, 0.29) is 5.56 Å². The van der Waals surface area contributed by atoms with E-state index in [0.29, 0.717) is 28.8 Å². The molecular formula is C17H20BrN3O5. The highest BCUT2D eigenvalue weighted by Gasteiger charge is 2.52. The summed E-state index contributed by atoms with van der Waals surface area (Å²) in [6, 6.07) is 2.38. The Morgan fingerprint density at radius 3 is 2.27 bits per heavy atom. The van der Waals surface area contributed by atoms with E-state index < -0.39 is 23.4 Å². The fourth-order valence-electron chi connectivity index (χ4n) is 3.38. The number of amides is 4. The minimum atomic E-state index is -0.891. The van der Waals surface area contributed by atoms with Crippen LogP contribution in [0.5, 0.6) is 11.5 Å². The van der Waals surface area contributed by atoms with Crippen molar-refractivity contribution in [3.63, 3.8) is 0 Å². The van der Waals surface area contributed by atoms with Crippen molar-refractivity contribution in [3.05, 3.63) is 22.2 Å². The first-order valence-corrected chi connectivity index (χ1v) is 9.10. The van der Waals surface area contributed by atoms with E-state index in [2.05, 4.69) is 26.7 Å². The lowest BCUT2D eigenvalue weighted by molar-refractivity contribution is -0.134. The summed E-state index contributed by atoms with van der Waals surface area (Å²) < 4.78 is 11.0. The van der Waals surface area contributed by atoms with Crippen LogP contribution in [0.25, 0.3) is 0 Å². The lowest BCUT2D eigenvalue weighted by Crippen LogP contribution is -2.50. The summed E-state index contributed by atoms with van der Waals surface area (Å²) in [6.07, 6.45) is 3.95. The van der Waals surface area contributed by atoms with Crippen LogP contribution >= 0.6 is 15.9 Å². The van der Waals surface area contributed by atoms with Crippen LogP contribution in [0, 0.1) is 0 Å². The normalized spacial score (nSPS) is 18.7. The van der Waals surface area contributed by atoms with Crippen LogP contribution in [0.15, 0.2) is 16.6 Å². The number of hydrazine groups is 1. The Kier molecular flexibility index (Phi) is 5.08. The quantitative estimate of drug-likeness (QED) is 0.721. The van der Waals surface area contributed by atoms with Gasteiger partial charge in [0.2, 0.25) is 0 Å². The smallest absolute Gasteiger partial charge is 0.344 e. The van der Waals surface area contributed by atoms with Gasteiger partial charge in [0.15, 0.2) is 0 Å². The van der Waals surface area contributed by atoms with E-state index in [1.165, 1.54) is 26.4 Å². The zero-order chi connectivity index (χ0) is 18.9. The molecule has 0 unspecified atom stereocenters. The number of methoxy groups -OCH3 is 2. The van der Waals surface area contributed by atoms with Crippen LogP contribution in [-0.2, 0) is 4.79 Å². The summed E-state index contributed by atoms with van der Waals surface area (Å²) in [7, 11) is 2.93. The summed E-state index contributed by atoms with van der Waals surface area (Å²) in [5, 5.41) is 3.52. The minimum absolute atomic E-state index is 0.201. The second-order valence-corrected chi connectivity index (χ2v) is 7.14. The molecule has 1 aromatic rings. The number of nitrogens with one attached hydrogen (secondary N) is 2. The van der Waals surface area contributed by atoms with Crippen molar-refractivity contribution in [1.82, 2.24) is 15.8 Å². The Labute approximate surface area is 159 Å². The molecule has 2 aliphatic rings. The van der Waals surface area contributed by atoms with Gasteiger partial charge in [-0.15, -0.1) is 0 Å². The average molecular weight is 426 g/mol. The maximum atomic E-state index is 12.7. The first-order chi connectivity index (χ1) is 12.4. The van der Waals surface area contributed by atoms with Crippen molar-refractivity contribution in [1.29, 1.82) is 0 Å². The standard InChI is InChI=1S/C17H20BrN3O5/c1-25-11-8-10(9-12(26-2)13(11)18)14(22)20-21-15(23)17(19-16(21)24)6-4-3-5-7-17/h8-9H,3-7H2,1-2H3,(H,19,24)(H,20,22). The molecule has 4 amide bonds. The maximum Gasteiger partial charge on any atom is 0.344 e. The Hall–Kier alpha value is -2.29. The Morgan fingerprint density at radius 1 is 1.15 bits per heavy atom. The van der Waals surface area contributed by atoms with Gasteiger partial charge in [-0.05, 0) is 40.9 Å². The topological polar surface area (TPSA) is 97.0 Å². The number of carbonyl (C=O) groups excluding carboxylic acids is 3. The van der Waals surface area contributed by atoms with Gasteiger partial charge in [0.05, 0.1) is 14.2 Å². The number of halogens is 1. The fraction of sp³-hybridized carbons (Fsp3) is 0.471. The van der Waals surface area contributed by atoms with Gasteiger partial charge in [0, 0.05) is 5.56 Å². The molecule has 1 spiro atoms. The number of ether oxygens (including phenoxy) is 2. The van der Waals surface area contributed by atoms with Crippen LogP contribution in [0.4, 0.5) is 4.79 Å². The van der Waals surface area contributed by atoms with Gasteiger partial charge in [-0.3, -0.25) is 15.0 Å². The largest absolute Gasteiger partial charge is 0.495 e. The fourth-order valence-corrected chi connectivity index (χ4v) is 3.94. The van der Waals surface area contributed by atoms with E-state index >= 15 is 0 Å². The molecule has 0 radical (unpaired) electrons. The van der Waals surface area contributed by atoms with Crippen LogP contribution in [0.1, 0.15) is 42.5 Å². The highest BCUT2D eigenvalue weighted by atomic mass is 79.9. The van der Waals surface area contributed by atoms with Crippen molar-refractivity contribution >= 4 is 33.8 Å². The number of hydrogen-bond donors (Lipinski definition) is 2. The Bertz CT molecular complexity index is 736. The SMILES string of the molecule is COc1cc(C(=O)NN2C(=O)NC3(CCCCC3)C2=O)cc(OC)c1Br. The van der Waals surface area contributed by atoms with Gasteiger partial charge in [0.25, 0.3) is 11.8 Å². The molecule has 8 nitrogen and oxygen atoms in total. The molecular weight excluding hydrogens is 406 g/mol. The Morgan fingerprint density at radius 2 is 1.73 bits per heavy atom. The molecule has 1 saturated carbocycles. The highest BCUT2D eigenvalue weighted by molar-refractivity contribution is 9.10.